The smallest absolute Gasteiger partial charge is 0.340 e. The first-order chi connectivity index (χ1) is 17.4. The number of carbonyl (C=O) groups is 2. The zero-order valence-electron chi connectivity index (χ0n) is 19.5. The molecule has 0 aliphatic heterocycles. The summed E-state index contributed by atoms with van der Waals surface area (Å²) in [6.07, 6.45) is 0.607. The Balaban J connectivity index is 1.46. The number of nitrogens with zero attached hydrogens (tertiary/aromatic N) is 1. The van der Waals surface area contributed by atoms with Crippen molar-refractivity contribution in [1.82, 2.24) is 4.98 Å². The van der Waals surface area contributed by atoms with Crippen LogP contribution in [0, 0.1) is 6.92 Å². The number of esters is 1. The van der Waals surface area contributed by atoms with Crippen LogP contribution in [0.5, 0.6) is 5.75 Å². The summed E-state index contributed by atoms with van der Waals surface area (Å²) in [6, 6.07) is 19.4. The zero-order valence-corrected chi connectivity index (χ0v) is 21.8. The summed E-state index contributed by atoms with van der Waals surface area (Å²) >= 11 is 13.7. The van der Waals surface area contributed by atoms with Crippen LogP contribution in [-0.2, 0) is 11.2 Å². The van der Waals surface area contributed by atoms with Gasteiger partial charge in [-0.05, 0) is 43.3 Å². The van der Waals surface area contributed by atoms with E-state index in [1.807, 2.05) is 37.3 Å². The number of ether oxygens (including phenoxy) is 2. The van der Waals surface area contributed by atoms with Gasteiger partial charge in [0.25, 0.3) is 5.91 Å². The molecule has 4 aromatic rings. The first-order valence-electron chi connectivity index (χ1n) is 11.0. The van der Waals surface area contributed by atoms with Crippen molar-refractivity contribution >= 4 is 52.1 Å². The van der Waals surface area contributed by atoms with E-state index in [0.29, 0.717) is 23.8 Å². The number of rotatable bonds is 8. The van der Waals surface area contributed by atoms with Crippen molar-refractivity contribution < 1.29 is 19.1 Å². The number of anilines is 1. The molecule has 1 N–H and O–H groups in total. The Kier molecular flexibility index (Phi) is 8.25. The molecule has 1 heterocycles. The molecule has 0 bridgehead atoms. The average molecular weight is 541 g/mol. The van der Waals surface area contributed by atoms with E-state index in [1.165, 1.54) is 25.3 Å². The minimum Gasteiger partial charge on any atom is -0.493 e. The third-order valence-electron chi connectivity index (χ3n) is 5.34. The first kappa shape index (κ1) is 25.7. The molecule has 0 atom stereocenters. The number of aromatic nitrogens is 1. The third-order valence-corrected chi connectivity index (χ3v) is 6.95. The van der Waals surface area contributed by atoms with Gasteiger partial charge in [0.1, 0.15) is 10.8 Å². The third kappa shape index (κ3) is 6.05. The van der Waals surface area contributed by atoms with Gasteiger partial charge in [0.15, 0.2) is 0 Å². The van der Waals surface area contributed by atoms with Crippen molar-refractivity contribution in [2.24, 2.45) is 0 Å². The molecule has 0 aliphatic rings. The van der Waals surface area contributed by atoms with Crippen LogP contribution in [0.1, 0.15) is 31.3 Å². The van der Waals surface area contributed by atoms with Crippen molar-refractivity contribution in [3.05, 3.63) is 98.5 Å². The van der Waals surface area contributed by atoms with Crippen LogP contribution in [0.2, 0.25) is 10.0 Å². The van der Waals surface area contributed by atoms with Gasteiger partial charge >= 0.3 is 5.97 Å². The van der Waals surface area contributed by atoms with Crippen molar-refractivity contribution in [2.75, 3.05) is 19.0 Å². The Morgan fingerprint density at radius 2 is 1.78 bits per heavy atom. The highest BCUT2D eigenvalue weighted by Crippen LogP contribution is 2.29. The van der Waals surface area contributed by atoms with Gasteiger partial charge in [-0.15, -0.1) is 11.3 Å². The summed E-state index contributed by atoms with van der Waals surface area (Å²) in [7, 11) is 1.27. The fraction of sp³-hybridized carbons (Fsp3) is 0.148. The van der Waals surface area contributed by atoms with Crippen LogP contribution in [0.4, 0.5) is 5.69 Å². The van der Waals surface area contributed by atoms with Gasteiger partial charge in [-0.3, -0.25) is 4.79 Å². The van der Waals surface area contributed by atoms with Gasteiger partial charge in [0.2, 0.25) is 0 Å². The number of benzene rings is 3. The van der Waals surface area contributed by atoms with Gasteiger partial charge < -0.3 is 14.8 Å². The Morgan fingerprint density at radius 1 is 1.00 bits per heavy atom. The largest absolute Gasteiger partial charge is 0.493 e. The van der Waals surface area contributed by atoms with Crippen LogP contribution in [0.15, 0.2) is 66.7 Å². The molecule has 0 unspecified atom stereocenters. The summed E-state index contributed by atoms with van der Waals surface area (Å²) in [5.74, 6) is -0.626. The second-order valence-corrected chi connectivity index (χ2v) is 9.81. The summed E-state index contributed by atoms with van der Waals surface area (Å²) in [5.41, 5.74) is 2.71. The van der Waals surface area contributed by atoms with E-state index in [2.05, 4.69) is 5.32 Å². The molecule has 0 saturated heterocycles. The second kappa shape index (κ2) is 11.6. The maximum atomic E-state index is 12.7. The van der Waals surface area contributed by atoms with Crippen LogP contribution in [0.3, 0.4) is 0 Å². The lowest BCUT2D eigenvalue weighted by Crippen LogP contribution is -2.16. The Bertz CT molecular complexity index is 1410. The lowest BCUT2D eigenvalue weighted by molar-refractivity contribution is 0.0601. The minimum absolute atomic E-state index is 0.157. The topological polar surface area (TPSA) is 77.5 Å². The molecule has 1 amide bonds. The van der Waals surface area contributed by atoms with Crippen LogP contribution >= 0.6 is 34.5 Å². The van der Waals surface area contributed by atoms with Gasteiger partial charge in [0.05, 0.1) is 41.2 Å². The van der Waals surface area contributed by atoms with E-state index in [4.69, 9.17) is 37.7 Å². The van der Waals surface area contributed by atoms with Gasteiger partial charge in [-0.25, -0.2) is 9.78 Å². The summed E-state index contributed by atoms with van der Waals surface area (Å²) in [6.45, 7) is 2.41. The number of aryl methyl sites for hydroxylation is 1. The summed E-state index contributed by atoms with van der Waals surface area (Å²) in [5, 5.41) is 4.29. The van der Waals surface area contributed by atoms with Crippen LogP contribution < -0.4 is 10.1 Å². The molecule has 0 fully saturated rings. The number of carbonyl (C=O) groups excluding carboxylic acids is 2. The van der Waals surface area contributed by atoms with Gasteiger partial charge in [-0.1, -0.05) is 53.5 Å². The van der Waals surface area contributed by atoms with Crippen molar-refractivity contribution in [2.45, 2.75) is 13.3 Å². The number of halogens is 2. The monoisotopic (exact) mass is 540 g/mol. The van der Waals surface area contributed by atoms with Crippen molar-refractivity contribution in [3.63, 3.8) is 0 Å². The number of hydrogen-bond acceptors (Lipinski definition) is 6. The Morgan fingerprint density at radius 3 is 2.50 bits per heavy atom. The molecule has 0 aliphatic carbocycles. The van der Waals surface area contributed by atoms with E-state index in [0.717, 1.165) is 21.1 Å². The summed E-state index contributed by atoms with van der Waals surface area (Å²) < 4.78 is 10.8. The molecule has 6 nitrogen and oxygen atoms in total. The highest BCUT2D eigenvalue weighted by Gasteiger charge is 2.18. The van der Waals surface area contributed by atoms with Crippen LogP contribution in [0.25, 0.3) is 10.6 Å². The number of methoxy groups -OCH3 is 1. The lowest BCUT2D eigenvalue weighted by atomic mass is 10.1. The minimum atomic E-state index is -0.610. The van der Waals surface area contributed by atoms with Gasteiger partial charge in [0, 0.05) is 21.9 Å². The van der Waals surface area contributed by atoms with E-state index in [-0.39, 0.29) is 21.8 Å². The molecule has 0 spiro atoms. The molecule has 4 rings (SSSR count). The summed E-state index contributed by atoms with van der Waals surface area (Å²) in [4.78, 5) is 31.0. The number of amides is 1. The molecule has 1 aromatic heterocycles. The van der Waals surface area contributed by atoms with E-state index in [1.54, 1.807) is 29.5 Å². The average Bonchev–Trinajstić information content (AvgIpc) is 3.25. The predicted octanol–water partition coefficient (Wildman–Crippen LogP) is 7.09. The number of hydrogen-bond donors (Lipinski definition) is 1. The van der Waals surface area contributed by atoms with E-state index >= 15 is 0 Å². The second-order valence-electron chi connectivity index (χ2n) is 7.76. The SMILES string of the molecule is COC(=O)c1cc(OCCc2nc(-c3ccccc3)sc2C)ccc1NC(=O)c1ccc(Cl)cc1Cl. The maximum Gasteiger partial charge on any atom is 0.340 e. The predicted molar refractivity (Wildman–Crippen MR) is 144 cm³/mol. The molecule has 184 valence electrons. The number of thiazole rings is 1. The van der Waals surface area contributed by atoms with E-state index < -0.39 is 11.9 Å². The molecule has 9 heteroatoms. The molecule has 3 aromatic carbocycles. The van der Waals surface area contributed by atoms with Crippen molar-refractivity contribution in [3.8, 4) is 16.3 Å². The molecular weight excluding hydrogens is 519 g/mol. The van der Waals surface area contributed by atoms with Crippen LogP contribution in [-0.4, -0.2) is 30.6 Å². The highest BCUT2D eigenvalue weighted by atomic mass is 35.5. The molecule has 36 heavy (non-hydrogen) atoms. The standard InChI is InChI=1S/C27H22Cl2N2O4S/c1-16-23(31-26(36-16)17-6-4-3-5-7-17)12-13-35-19-9-11-24(21(15-19)27(33)34-2)30-25(32)20-10-8-18(28)14-22(20)29/h3-11,14-15H,12-13H2,1-2H3,(H,30,32). The Labute approximate surface area is 222 Å². The normalized spacial score (nSPS) is 10.7. The fourth-order valence-electron chi connectivity index (χ4n) is 3.49. The fourth-order valence-corrected chi connectivity index (χ4v) is 4.95. The first-order valence-corrected chi connectivity index (χ1v) is 12.6. The quantitative estimate of drug-likeness (QED) is 0.241. The Hall–Kier alpha value is -3.39. The van der Waals surface area contributed by atoms with Crippen molar-refractivity contribution in [1.29, 1.82) is 0 Å². The zero-order chi connectivity index (χ0) is 25.7. The number of nitrogens with one attached hydrogen (secondary N) is 1. The van der Waals surface area contributed by atoms with Gasteiger partial charge in [-0.2, -0.15) is 0 Å². The highest BCUT2D eigenvalue weighted by molar-refractivity contribution is 7.15. The molecule has 0 saturated carbocycles. The molecule has 0 radical (unpaired) electrons. The maximum absolute atomic E-state index is 12.7. The molecular formula is C27H22Cl2N2O4S. The van der Waals surface area contributed by atoms with E-state index in [9.17, 15) is 9.59 Å². The lowest BCUT2D eigenvalue weighted by Gasteiger charge is -2.13.